The van der Waals surface area contributed by atoms with E-state index in [1.54, 1.807) is 0 Å². The molecule has 1 aliphatic rings. The molecule has 3 nitrogen and oxygen atoms in total. The fraction of sp³-hybridized carbons (Fsp3) is 0.625. The molecular weight excluding hydrogens is 236 g/mol. The van der Waals surface area contributed by atoms with Crippen molar-refractivity contribution >= 4 is 0 Å². The van der Waals surface area contributed by atoms with Gasteiger partial charge in [0.2, 0.25) is 0 Å². The highest BCUT2D eigenvalue weighted by Crippen LogP contribution is 2.19. The number of likely N-dealkylation sites (tertiary alicyclic amines) is 1. The van der Waals surface area contributed by atoms with Crippen LogP contribution in [0.1, 0.15) is 25.8 Å². The highest BCUT2D eigenvalue weighted by molar-refractivity contribution is 5.14. The molecule has 2 atom stereocenters. The molecular formula is C16H26N2O. The lowest BCUT2D eigenvalue weighted by Crippen LogP contribution is -2.52. The first-order valence-electron chi connectivity index (χ1n) is 7.32. The number of nitrogens with one attached hydrogen (secondary N) is 1. The third kappa shape index (κ3) is 4.30. The van der Waals surface area contributed by atoms with Crippen LogP contribution >= 0.6 is 0 Å². The first-order chi connectivity index (χ1) is 9.19. The molecule has 19 heavy (non-hydrogen) atoms. The van der Waals surface area contributed by atoms with Gasteiger partial charge in [-0.25, -0.2) is 0 Å². The van der Waals surface area contributed by atoms with E-state index in [1.807, 2.05) is 0 Å². The maximum atomic E-state index is 9.59. The summed E-state index contributed by atoms with van der Waals surface area (Å²) in [6.07, 6.45) is 1.12. The van der Waals surface area contributed by atoms with Crippen molar-refractivity contribution in [3.8, 4) is 0 Å². The molecule has 0 radical (unpaired) electrons. The number of benzene rings is 1. The largest absolute Gasteiger partial charge is 0.396 e. The zero-order valence-corrected chi connectivity index (χ0v) is 12.0. The number of rotatable bonds is 5. The Hall–Kier alpha value is -0.900. The first kappa shape index (κ1) is 14.5. The average molecular weight is 262 g/mol. The van der Waals surface area contributed by atoms with E-state index < -0.39 is 0 Å². The van der Waals surface area contributed by atoms with Gasteiger partial charge in [0.1, 0.15) is 0 Å². The van der Waals surface area contributed by atoms with Crippen molar-refractivity contribution in [1.82, 2.24) is 10.2 Å². The van der Waals surface area contributed by atoms with E-state index >= 15 is 0 Å². The Bertz CT molecular complexity index is 366. The van der Waals surface area contributed by atoms with Crippen LogP contribution in [0.5, 0.6) is 0 Å². The van der Waals surface area contributed by atoms with E-state index in [0.717, 1.165) is 26.1 Å². The molecule has 106 valence electrons. The van der Waals surface area contributed by atoms with Crippen molar-refractivity contribution in [1.29, 1.82) is 0 Å². The molecule has 0 aromatic heterocycles. The van der Waals surface area contributed by atoms with Crippen LogP contribution in [0.25, 0.3) is 0 Å². The molecule has 2 rings (SSSR count). The Kier molecular flexibility index (Phi) is 5.37. The van der Waals surface area contributed by atoms with E-state index in [1.165, 1.54) is 5.56 Å². The van der Waals surface area contributed by atoms with Gasteiger partial charge in [-0.1, -0.05) is 44.2 Å². The minimum atomic E-state index is 0.273. The van der Waals surface area contributed by atoms with Crippen LogP contribution in [0.4, 0.5) is 0 Å². The number of aliphatic hydroxyl groups is 1. The Morgan fingerprint density at radius 2 is 2.05 bits per heavy atom. The van der Waals surface area contributed by atoms with E-state index in [0.29, 0.717) is 18.0 Å². The van der Waals surface area contributed by atoms with Crippen LogP contribution < -0.4 is 5.32 Å². The van der Waals surface area contributed by atoms with Gasteiger partial charge in [-0.15, -0.1) is 0 Å². The quantitative estimate of drug-likeness (QED) is 0.850. The van der Waals surface area contributed by atoms with Crippen LogP contribution in [-0.4, -0.2) is 41.8 Å². The minimum Gasteiger partial charge on any atom is -0.396 e. The fourth-order valence-corrected chi connectivity index (χ4v) is 2.93. The molecule has 0 aliphatic carbocycles. The van der Waals surface area contributed by atoms with Gasteiger partial charge in [0.05, 0.1) is 0 Å². The van der Waals surface area contributed by atoms with Crippen molar-refractivity contribution in [3.63, 3.8) is 0 Å². The maximum absolute atomic E-state index is 9.59. The van der Waals surface area contributed by atoms with Crippen molar-refractivity contribution in [2.24, 2.45) is 5.92 Å². The second-order valence-electron chi connectivity index (χ2n) is 5.88. The summed E-state index contributed by atoms with van der Waals surface area (Å²) in [5, 5.41) is 13.2. The second kappa shape index (κ2) is 7.04. The normalized spacial score (nSPS) is 24.8. The number of nitrogens with zero attached hydrogens (tertiary/aromatic N) is 1. The van der Waals surface area contributed by atoms with Gasteiger partial charge in [-0.3, -0.25) is 4.90 Å². The second-order valence-corrected chi connectivity index (χ2v) is 5.88. The maximum Gasteiger partial charge on any atom is 0.0486 e. The Morgan fingerprint density at radius 1 is 1.32 bits per heavy atom. The molecule has 1 saturated heterocycles. The fourth-order valence-electron chi connectivity index (χ4n) is 2.93. The summed E-state index contributed by atoms with van der Waals surface area (Å²) in [4.78, 5) is 2.45. The van der Waals surface area contributed by atoms with Gasteiger partial charge in [0, 0.05) is 37.7 Å². The third-order valence-corrected chi connectivity index (χ3v) is 3.85. The molecule has 1 aliphatic heterocycles. The predicted octanol–water partition coefficient (Wildman–Crippen LogP) is 1.87. The van der Waals surface area contributed by atoms with Gasteiger partial charge in [0.25, 0.3) is 0 Å². The topological polar surface area (TPSA) is 35.5 Å². The molecule has 0 saturated carbocycles. The van der Waals surface area contributed by atoms with Crippen LogP contribution in [0.2, 0.25) is 0 Å². The molecule has 1 aromatic carbocycles. The molecule has 0 spiro atoms. The summed E-state index contributed by atoms with van der Waals surface area (Å²) in [6.45, 7) is 7.70. The van der Waals surface area contributed by atoms with Gasteiger partial charge in [-0.2, -0.15) is 0 Å². The monoisotopic (exact) mass is 262 g/mol. The van der Waals surface area contributed by atoms with Crippen LogP contribution in [0, 0.1) is 5.92 Å². The van der Waals surface area contributed by atoms with Crippen molar-refractivity contribution < 1.29 is 5.11 Å². The summed E-state index contributed by atoms with van der Waals surface area (Å²) in [5.74, 6) is 0.347. The van der Waals surface area contributed by atoms with Crippen molar-refractivity contribution in [3.05, 3.63) is 35.9 Å². The Labute approximate surface area is 116 Å². The van der Waals surface area contributed by atoms with Gasteiger partial charge >= 0.3 is 0 Å². The first-order valence-corrected chi connectivity index (χ1v) is 7.32. The smallest absolute Gasteiger partial charge is 0.0486 e. The Balaban J connectivity index is 1.89. The molecule has 3 heteroatoms. The minimum absolute atomic E-state index is 0.273. The predicted molar refractivity (Wildman–Crippen MR) is 79.0 cm³/mol. The lowest BCUT2D eigenvalue weighted by Gasteiger charge is -2.39. The lowest BCUT2D eigenvalue weighted by molar-refractivity contribution is 0.0824. The van der Waals surface area contributed by atoms with Crippen molar-refractivity contribution in [2.75, 3.05) is 19.7 Å². The highest BCUT2D eigenvalue weighted by atomic mass is 16.3. The van der Waals surface area contributed by atoms with E-state index in [2.05, 4.69) is 54.4 Å². The van der Waals surface area contributed by atoms with E-state index in [9.17, 15) is 5.11 Å². The van der Waals surface area contributed by atoms with Gasteiger partial charge in [0.15, 0.2) is 0 Å². The zero-order valence-electron chi connectivity index (χ0n) is 12.0. The summed E-state index contributed by atoms with van der Waals surface area (Å²) >= 11 is 0. The van der Waals surface area contributed by atoms with Gasteiger partial charge < -0.3 is 10.4 Å². The molecule has 1 aromatic rings. The molecule has 0 amide bonds. The molecule has 1 heterocycles. The van der Waals surface area contributed by atoms with E-state index in [-0.39, 0.29) is 6.61 Å². The number of piperidine rings is 1. The molecule has 0 bridgehead atoms. The Morgan fingerprint density at radius 3 is 2.68 bits per heavy atom. The molecule has 2 N–H and O–H groups in total. The highest BCUT2D eigenvalue weighted by Gasteiger charge is 2.28. The summed E-state index contributed by atoms with van der Waals surface area (Å²) in [6, 6.07) is 11.5. The summed E-state index contributed by atoms with van der Waals surface area (Å²) < 4.78 is 0. The molecule has 0 unspecified atom stereocenters. The molecule has 1 fully saturated rings. The van der Waals surface area contributed by atoms with Crippen LogP contribution in [-0.2, 0) is 6.54 Å². The lowest BCUT2D eigenvalue weighted by atomic mass is 9.92. The SMILES string of the molecule is CC(C)N[C@H]1CCN(Cc2ccccc2)C[C@@H]1CO. The third-order valence-electron chi connectivity index (χ3n) is 3.85. The summed E-state index contributed by atoms with van der Waals surface area (Å²) in [5.41, 5.74) is 1.36. The standard InChI is InChI=1S/C16H26N2O/c1-13(2)17-16-8-9-18(11-15(16)12-19)10-14-6-4-3-5-7-14/h3-7,13,15-17,19H,8-12H2,1-2H3/t15-,16+/m1/s1. The zero-order chi connectivity index (χ0) is 13.7. The average Bonchev–Trinajstić information content (AvgIpc) is 2.41. The van der Waals surface area contributed by atoms with Gasteiger partial charge in [-0.05, 0) is 18.5 Å². The van der Waals surface area contributed by atoms with Crippen LogP contribution in [0.3, 0.4) is 0 Å². The summed E-state index contributed by atoms with van der Waals surface area (Å²) in [7, 11) is 0. The number of hydrogen-bond acceptors (Lipinski definition) is 3. The van der Waals surface area contributed by atoms with Crippen molar-refractivity contribution in [2.45, 2.75) is 38.9 Å². The number of hydrogen-bond donors (Lipinski definition) is 2. The number of aliphatic hydroxyl groups excluding tert-OH is 1. The van der Waals surface area contributed by atoms with E-state index in [4.69, 9.17) is 0 Å². The van der Waals surface area contributed by atoms with Crippen LogP contribution in [0.15, 0.2) is 30.3 Å².